The van der Waals surface area contributed by atoms with Gasteiger partial charge < -0.3 is 15.2 Å². The molecule has 1 aliphatic rings. The van der Waals surface area contributed by atoms with E-state index in [-0.39, 0.29) is 12.0 Å². The molecule has 0 saturated carbocycles. The Balaban J connectivity index is 2.28. The third-order valence-corrected chi connectivity index (χ3v) is 4.20. The lowest BCUT2D eigenvalue weighted by Crippen LogP contribution is -2.17. The molecular formula is C13H16BrNO3. The van der Waals surface area contributed by atoms with Gasteiger partial charge in [0.25, 0.3) is 0 Å². The van der Waals surface area contributed by atoms with Crippen molar-refractivity contribution >= 4 is 21.9 Å². The molecule has 0 radical (unpaired) electrons. The first-order valence-corrected chi connectivity index (χ1v) is 6.63. The second-order valence-electron chi connectivity index (χ2n) is 4.55. The normalized spacial score (nSPS) is 23.1. The second kappa shape index (κ2) is 5.28. The third-order valence-electron chi connectivity index (χ3n) is 3.38. The lowest BCUT2D eigenvalue weighted by atomic mass is 9.99. The van der Waals surface area contributed by atoms with Crippen molar-refractivity contribution in [2.75, 3.05) is 13.7 Å². The number of halogens is 1. The minimum Gasteiger partial charge on any atom is -0.495 e. The maximum Gasteiger partial charge on any atom is 0.307 e. The summed E-state index contributed by atoms with van der Waals surface area (Å²) in [6.45, 7) is 2.50. The van der Waals surface area contributed by atoms with E-state index in [0.29, 0.717) is 13.0 Å². The number of aliphatic carboxylic acids is 1. The van der Waals surface area contributed by atoms with Crippen LogP contribution in [0.5, 0.6) is 5.75 Å². The Morgan fingerprint density at radius 2 is 2.28 bits per heavy atom. The number of ether oxygens (including phenoxy) is 1. The molecule has 4 nitrogen and oxygen atoms in total. The zero-order valence-corrected chi connectivity index (χ0v) is 12.0. The molecule has 0 spiro atoms. The van der Waals surface area contributed by atoms with Crippen LogP contribution < -0.4 is 10.1 Å². The molecule has 1 aromatic carbocycles. The van der Waals surface area contributed by atoms with Gasteiger partial charge in [-0.15, -0.1) is 0 Å². The highest BCUT2D eigenvalue weighted by Gasteiger charge is 2.31. The zero-order valence-electron chi connectivity index (χ0n) is 10.4. The van der Waals surface area contributed by atoms with Crippen molar-refractivity contribution in [2.45, 2.75) is 19.4 Å². The fourth-order valence-electron chi connectivity index (χ4n) is 2.35. The monoisotopic (exact) mass is 313 g/mol. The Kier molecular flexibility index (Phi) is 3.92. The van der Waals surface area contributed by atoms with E-state index < -0.39 is 5.97 Å². The van der Waals surface area contributed by atoms with Crippen molar-refractivity contribution in [3.05, 3.63) is 27.7 Å². The highest BCUT2D eigenvalue weighted by molar-refractivity contribution is 9.10. The van der Waals surface area contributed by atoms with Crippen molar-refractivity contribution < 1.29 is 14.6 Å². The maximum atomic E-state index is 11.0. The van der Waals surface area contributed by atoms with Crippen LogP contribution in [0.1, 0.15) is 23.6 Å². The van der Waals surface area contributed by atoms with Crippen molar-refractivity contribution in [3.63, 3.8) is 0 Å². The molecule has 0 aliphatic carbocycles. The summed E-state index contributed by atoms with van der Waals surface area (Å²) in [5.74, 6) is -0.234. The molecule has 1 aromatic rings. The lowest BCUT2D eigenvalue weighted by molar-refractivity contribution is -0.141. The SMILES string of the molecule is COc1c(C)ccc(C2CC(C(=O)O)CN2)c1Br. The van der Waals surface area contributed by atoms with Gasteiger partial charge >= 0.3 is 5.97 Å². The van der Waals surface area contributed by atoms with Crippen LogP contribution in [0.2, 0.25) is 0 Å². The number of methoxy groups -OCH3 is 1. The number of nitrogens with one attached hydrogen (secondary N) is 1. The molecule has 1 saturated heterocycles. The summed E-state index contributed by atoms with van der Waals surface area (Å²) >= 11 is 3.55. The molecule has 0 bridgehead atoms. The summed E-state index contributed by atoms with van der Waals surface area (Å²) < 4.78 is 6.27. The minimum absolute atomic E-state index is 0.0648. The number of aryl methyl sites for hydroxylation is 1. The van der Waals surface area contributed by atoms with Gasteiger partial charge in [-0.05, 0) is 40.4 Å². The Morgan fingerprint density at radius 1 is 1.56 bits per heavy atom. The van der Waals surface area contributed by atoms with Gasteiger partial charge in [0.2, 0.25) is 0 Å². The largest absolute Gasteiger partial charge is 0.495 e. The Hall–Kier alpha value is -1.07. The molecule has 98 valence electrons. The average molecular weight is 314 g/mol. The van der Waals surface area contributed by atoms with Crippen LogP contribution >= 0.6 is 15.9 Å². The van der Waals surface area contributed by atoms with E-state index in [1.54, 1.807) is 7.11 Å². The van der Waals surface area contributed by atoms with Crippen LogP contribution in [0.25, 0.3) is 0 Å². The molecule has 5 heteroatoms. The van der Waals surface area contributed by atoms with Gasteiger partial charge in [0, 0.05) is 12.6 Å². The number of carboxylic acid groups (broad SMARTS) is 1. The highest BCUT2D eigenvalue weighted by Crippen LogP contribution is 2.38. The smallest absolute Gasteiger partial charge is 0.307 e. The van der Waals surface area contributed by atoms with Crippen molar-refractivity contribution in [2.24, 2.45) is 5.92 Å². The first-order chi connectivity index (χ1) is 8.54. The zero-order chi connectivity index (χ0) is 13.3. The summed E-state index contributed by atoms with van der Waals surface area (Å²) in [6.07, 6.45) is 0.611. The lowest BCUT2D eigenvalue weighted by Gasteiger charge is -2.16. The van der Waals surface area contributed by atoms with Gasteiger partial charge in [-0.1, -0.05) is 12.1 Å². The minimum atomic E-state index is -0.736. The molecule has 1 aliphatic heterocycles. The molecule has 2 unspecified atom stereocenters. The summed E-state index contributed by atoms with van der Waals surface area (Å²) in [4.78, 5) is 11.0. The topological polar surface area (TPSA) is 58.6 Å². The van der Waals surface area contributed by atoms with Crippen LogP contribution in [0.4, 0.5) is 0 Å². The second-order valence-corrected chi connectivity index (χ2v) is 5.34. The standard InChI is InChI=1S/C13H16BrNO3/c1-7-3-4-9(11(14)12(7)18-2)10-5-8(6-15-10)13(16)17/h3-4,8,10,15H,5-6H2,1-2H3,(H,16,17). The summed E-state index contributed by atoms with van der Waals surface area (Å²) in [5.41, 5.74) is 2.11. The van der Waals surface area contributed by atoms with Gasteiger partial charge in [-0.25, -0.2) is 0 Å². The van der Waals surface area contributed by atoms with Gasteiger partial charge in [-0.2, -0.15) is 0 Å². The molecule has 0 amide bonds. The van der Waals surface area contributed by atoms with Crippen molar-refractivity contribution in [1.29, 1.82) is 0 Å². The van der Waals surface area contributed by atoms with Crippen molar-refractivity contribution in [3.8, 4) is 5.75 Å². The first kappa shape index (κ1) is 13.4. The van der Waals surface area contributed by atoms with Crippen molar-refractivity contribution in [1.82, 2.24) is 5.32 Å². The van der Waals surface area contributed by atoms with E-state index in [9.17, 15) is 4.79 Å². The van der Waals surface area contributed by atoms with E-state index in [2.05, 4.69) is 21.2 Å². The Labute approximate surface area is 114 Å². The molecule has 18 heavy (non-hydrogen) atoms. The third kappa shape index (κ3) is 2.37. The number of carbonyl (C=O) groups is 1. The quantitative estimate of drug-likeness (QED) is 0.900. The number of carboxylic acids is 1. The van der Waals surface area contributed by atoms with E-state index >= 15 is 0 Å². The Morgan fingerprint density at radius 3 is 2.83 bits per heavy atom. The summed E-state index contributed by atoms with van der Waals surface area (Å²) in [5, 5.41) is 12.3. The van der Waals surface area contributed by atoms with E-state index in [1.165, 1.54) is 0 Å². The number of benzene rings is 1. The molecular weight excluding hydrogens is 298 g/mol. The van der Waals surface area contributed by atoms with Crippen LogP contribution in [-0.4, -0.2) is 24.7 Å². The van der Waals surface area contributed by atoms with Gasteiger partial charge in [0.1, 0.15) is 5.75 Å². The highest BCUT2D eigenvalue weighted by atomic mass is 79.9. The average Bonchev–Trinajstić information content (AvgIpc) is 2.79. The molecule has 2 atom stereocenters. The fourth-order valence-corrected chi connectivity index (χ4v) is 3.23. The van der Waals surface area contributed by atoms with Crippen LogP contribution in [0.15, 0.2) is 16.6 Å². The molecule has 2 rings (SSSR count). The number of hydrogen-bond acceptors (Lipinski definition) is 3. The molecule has 2 N–H and O–H groups in total. The predicted molar refractivity (Wildman–Crippen MR) is 71.9 cm³/mol. The summed E-state index contributed by atoms with van der Waals surface area (Å²) in [7, 11) is 1.64. The molecule has 1 heterocycles. The predicted octanol–water partition coefficient (Wildman–Crippen LogP) is 2.50. The van der Waals surface area contributed by atoms with Gasteiger partial charge in [0.05, 0.1) is 17.5 Å². The van der Waals surface area contributed by atoms with E-state index in [1.807, 2.05) is 19.1 Å². The van der Waals surface area contributed by atoms with Crippen LogP contribution in [0.3, 0.4) is 0 Å². The fraction of sp³-hybridized carbons (Fsp3) is 0.462. The first-order valence-electron chi connectivity index (χ1n) is 5.83. The number of rotatable bonds is 3. The maximum absolute atomic E-state index is 11.0. The molecule has 0 aromatic heterocycles. The van der Waals surface area contributed by atoms with Gasteiger partial charge in [-0.3, -0.25) is 4.79 Å². The van der Waals surface area contributed by atoms with Crippen LogP contribution in [0, 0.1) is 12.8 Å². The van der Waals surface area contributed by atoms with Gasteiger partial charge in [0.15, 0.2) is 0 Å². The Bertz CT molecular complexity index is 476. The van der Waals surface area contributed by atoms with Crippen LogP contribution in [-0.2, 0) is 4.79 Å². The van der Waals surface area contributed by atoms with E-state index in [4.69, 9.17) is 9.84 Å². The summed E-state index contributed by atoms with van der Waals surface area (Å²) in [6, 6.07) is 4.08. The molecule has 1 fully saturated rings. The van der Waals surface area contributed by atoms with E-state index in [0.717, 1.165) is 21.3 Å². The number of hydrogen-bond donors (Lipinski definition) is 2.